The molecule has 21 heavy (non-hydrogen) atoms. The van der Waals surface area contributed by atoms with E-state index >= 15 is 0 Å². The molecule has 1 saturated heterocycles. The number of nitrogens with zero attached hydrogens (tertiary/aromatic N) is 1. The van der Waals surface area contributed by atoms with Gasteiger partial charge in [0.15, 0.2) is 0 Å². The van der Waals surface area contributed by atoms with Crippen molar-refractivity contribution in [2.24, 2.45) is 0 Å². The van der Waals surface area contributed by atoms with Gasteiger partial charge in [0.25, 0.3) is 0 Å². The van der Waals surface area contributed by atoms with Gasteiger partial charge in [-0.15, -0.1) is 0 Å². The molecule has 2 aromatic carbocycles. The standard InChI is InChI=1S/C19H24N2/c1-16-7-5-6-10-18(16)15-19(17-8-3-2-4-9-17)21-13-11-20-12-14-21/h2-10,19-20H,11-15H2,1H3. The smallest absolute Gasteiger partial charge is 0.0389 e. The molecule has 1 atom stereocenters. The van der Waals surface area contributed by atoms with Crippen LogP contribution in [0.15, 0.2) is 54.6 Å². The number of nitrogens with one attached hydrogen (secondary N) is 1. The summed E-state index contributed by atoms with van der Waals surface area (Å²) in [5, 5.41) is 3.45. The Morgan fingerprint density at radius 3 is 2.33 bits per heavy atom. The third-order valence-electron chi connectivity index (χ3n) is 4.45. The second-order valence-corrected chi connectivity index (χ2v) is 5.84. The van der Waals surface area contributed by atoms with Crippen molar-refractivity contribution in [1.82, 2.24) is 10.2 Å². The van der Waals surface area contributed by atoms with Gasteiger partial charge in [0, 0.05) is 32.2 Å². The topological polar surface area (TPSA) is 15.3 Å². The minimum atomic E-state index is 0.481. The summed E-state index contributed by atoms with van der Waals surface area (Å²) in [6.45, 7) is 6.67. The van der Waals surface area contributed by atoms with E-state index in [1.807, 2.05) is 0 Å². The van der Waals surface area contributed by atoms with E-state index < -0.39 is 0 Å². The second-order valence-electron chi connectivity index (χ2n) is 5.84. The Balaban J connectivity index is 1.87. The molecule has 0 saturated carbocycles. The van der Waals surface area contributed by atoms with Crippen molar-refractivity contribution in [3.05, 3.63) is 71.3 Å². The van der Waals surface area contributed by atoms with Crippen LogP contribution in [-0.4, -0.2) is 31.1 Å². The zero-order valence-electron chi connectivity index (χ0n) is 12.8. The van der Waals surface area contributed by atoms with E-state index in [4.69, 9.17) is 0 Å². The molecule has 1 aliphatic rings. The first-order valence-corrected chi connectivity index (χ1v) is 7.89. The fourth-order valence-electron chi connectivity index (χ4n) is 3.17. The van der Waals surface area contributed by atoms with E-state index in [0.29, 0.717) is 6.04 Å². The Hall–Kier alpha value is -1.64. The highest BCUT2D eigenvalue weighted by molar-refractivity contribution is 5.29. The summed E-state index contributed by atoms with van der Waals surface area (Å²) in [6, 6.07) is 20.2. The Kier molecular flexibility index (Phi) is 4.69. The highest BCUT2D eigenvalue weighted by Gasteiger charge is 2.22. The molecule has 1 aliphatic heterocycles. The van der Waals surface area contributed by atoms with Gasteiger partial charge < -0.3 is 5.32 Å². The van der Waals surface area contributed by atoms with E-state index in [2.05, 4.69) is 71.7 Å². The quantitative estimate of drug-likeness (QED) is 0.925. The van der Waals surface area contributed by atoms with Crippen LogP contribution in [-0.2, 0) is 6.42 Å². The molecular weight excluding hydrogens is 256 g/mol. The molecule has 1 N–H and O–H groups in total. The van der Waals surface area contributed by atoms with Crippen LogP contribution >= 0.6 is 0 Å². The van der Waals surface area contributed by atoms with Crippen molar-refractivity contribution in [3.63, 3.8) is 0 Å². The van der Waals surface area contributed by atoms with E-state index in [0.717, 1.165) is 32.6 Å². The minimum absolute atomic E-state index is 0.481. The van der Waals surface area contributed by atoms with Gasteiger partial charge in [-0.25, -0.2) is 0 Å². The number of benzene rings is 2. The molecule has 0 radical (unpaired) electrons. The van der Waals surface area contributed by atoms with Crippen LogP contribution in [0.5, 0.6) is 0 Å². The predicted octanol–water partition coefficient (Wildman–Crippen LogP) is 3.18. The van der Waals surface area contributed by atoms with Crippen LogP contribution in [0.4, 0.5) is 0 Å². The van der Waals surface area contributed by atoms with Crippen molar-refractivity contribution in [3.8, 4) is 0 Å². The lowest BCUT2D eigenvalue weighted by atomic mass is 9.94. The van der Waals surface area contributed by atoms with Gasteiger partial charge >= 0.3 is 0 Å². The average Bonchev–Trinajstić information content (AvgIpc) is 2.56. The summed E-state index contributed by atoms with van der Waals surface area (Å²) >= 11 is 0. The van der Waals surface area contributed by atoms with Crippen molar-refractivity contribution >= 4 is 0 Å². The number of hydrogen-bond acceptors (Lipinski definition) is 2. The van der Waals surface area contributed by atoms with Crippen molar-refractivity contribution in [2.45, 2.75) is 19.4 Å². The first-order chi connectivity index (χ1) is 10.3. The second kappa shape index (κ2) is 6.88. The average molecular weight is 280 g/mol. The SMILES string of the molecule is Cc1ccccc1CC(c1ccccc1)N1CCNCC1. The molecule has 1 unspecified atom stereocenters. The summed E-state index contributed by atoms with van der Waals surface area (Å²) in [5.41, 5.74) is 4.29. The molecule has 1 fully saturated rings. The highest BCUT2D eigenvalue weighted by atomic mass is 15.2. The van der Waals surface area contributed by atoms with E-state index in [1.54, 1.807) is 0 Å². The molecule has 110 valence electrons. The third kappa shape index (κ3) is 3.52. The van der Waals surface area contributed by atoms with E-state index in [9.17, 15) is 0 Å². The van der Waals surface area contributed by atoms with Crippen LogP contribution < -0.4 is 5.32 Å². The fourth-order valence-corrected chi connectivity index (χ4v) is 3.17. The Bertz CT molecular complexity index is 559. The molecule has 0 bridgehead atoms. The van der Waals surface area contributed by atoms with Crippen LogP contribution in [0.25, 0.3) is 0 Å². The van der Waals surface area contributed by atoms with E-state index in [1.165, 1.54) is 16.7 Å². The van der Waals surface area contributed by atoms with Crippen molar-refractivity contribution in [2.75, 3.05) is 26.2 Å². The molecule has 0 aromatic heterocycles. The maximum absolute atomic E-state index is 3.45. The van der Waals surface area contributed by atoms with Gasteiger partial charge in [-0.2, -0.15) is 0 Å². The van der Waals surface area contributed by atoms with Gasteiger partial charge in [0.1, 0.15) is 0 Å². The van der Waals surface area contributed by atoms with Gasteiger partial charge in [0.05, 0.1) is 0 Å². The van der Waals surface area contributed by atoms with E-state index in [-0.39, 0.29) is 0 Å². The number of rotatable bonds is 4. The highest BCUT2D eigenvalue weighted by Crippen LogP contribution is 2.26. The van der Waals surface area contributed by atoms with Crippen LogP contribution in [0.1, 0.15) is 22.7 Å². The van der Waals surface area contributed by atoms with Crippen LogP contribution in [0.2, 0.25) is 0 Å². The lowest BCUT2D eigenvalue weighted by molar-refractivity contribution is 0.172. The molecule has 2 heteroatoms. The lowest BCUT2D eigenvalue weighted by Crippen LogP contribution is -2.45. The normalized spacial score (nSPS) is 17.6. The van der Waals surface area contributed by atoms with Gasteiger partial charge in [0.2, 0.25) is 0 Å². The summed E-state index contributed by atoms with van der Waals surface area (Å²) in [4.78, 5) is 2.62. The molecule has 0 spiro atoms. The zero-order chi connectivity index (χ0) is 14.5. The fraction of sp³-hybridized carbons (Fsp3) is 0.368. The summed E-state index contributed by atoms with van der Waals surface area (Å²) in [6.07, 6.45) is 1.09. The zero-order valence-corrected chi connectivity index (χ0v) is 12.8. The van der Waals surface area contributed by atoms with Gasteiger partial charge in [-0.05, 0) is 30.0 Å². The van der Waals surface area contributed by atoms with Crippen LogP contribution in [0, 0.1) is 6.92 Å². The molecule has 0 amide bonds. The molecule has 2 aromatic rings. The maximum Gasteiger partial charge on any atom is 0.0389 e. The third-order valence-corrected chi connectivity index (χ3v) is 4.45. The molecular formula is C19H24N2. The number of piperazine rings is 1. The summed E-state index contributed by atoms with van der Waals surface area (Å²) in [5.74, 6) is 0. The Labute approximate surface area is 127 Å². The molecule has 1 heterocycles. The minimum Gasteiger partial charge on any atom is -0.314 e. The Morgan fingerprint density at radius 1 is 0.952 bits per heavy atom. The van der Waals surface area contributed by atoms with Gasteiger partial charge in [-0.3, -0.25) is 4.90 Å². The largest absolute Gasteiger partial charge is 0.314 e. The predicted molar refractivity (Wildman–Crippen MR) is 88.5 cm³/mol. The number of hydrogen-bond donors (Lipinski definition) is 1. The monoisotopic (exact) mass is 280 g/mol. The molecule has 2 nitrogen and oxygen atoms in total. The first-order valence-electron chi connectivity index (χ1n) is 7.89. The summed E-state index contributed by atoms with van der Waals surface area (Å²) in [7, 11) is 0. The Morgan fingerprint density at radius 2 is 1.62 bits per heavy atom. The van der Waals surface area contributed by atoms with Crippen LogP contribution in [0.3, 0.4) is 0 Å². The maximum atomic E-state index is 3.45. The van der Waals surface area contributed by atoms with Gasteiger partial charge in [-0.1, -0.05) is 54.6 Å². The molecule has 3 rings (SSSR count). The first kappa shape index (κ1) is 14.3. The molecule has 0 aliphatic carbocycles. The lowest BCUT2D eigenvalue weighted by Gasteiger charge is -2.35. The van der Waals surface area contributed by atoms with Crippen molar-refractivity contribution in [1.29, 1.82) is 0 Å². The number of aryl methyl sites for hydroxylation is 1. The summed E-state index contributed by atoms with van der Waals surface area (Å²) < 4.78 is 0. The van der Waals surface area contributed by atoms with Crippen molar-refractivity contribution < 1.29 is 0 Å².